The van der Waals surface area contributed by atoms with Crippen molar-refractivity contribution < 1.29 is 47.9 Å². The third-order valence-electron chi connectivity index (χ3n) is 8.77. The summed E-state index contributed by atoms with van der Waals surface area (Å²) in [5.41, 5.74) is 5.30. The van der Waals surface area contributed by atoms with Gasteiger partial charge in [-0.05, 0) is 32.6 Å². The van der Waals surface area contributed by atoms with Crippen LogP contribution in [-0.2, 0) is 47.9 Å². The minimum atomic E-state index is -1.21. The van der Waals surface area contributed by atoms with E-state index in [4.69, 9.17) is 5.73 Å². The molecule has 1 aliphatic rings. The number of hydrogen-bond donors (Lipinski definition) is 4. The number of nitrogens with one attached hydrogen (secondary N) is 3. The molecule has 15 heteroatoms. The average molecular weight is 692 g/mol. The van der Waals surface area contributed by atoms with Gasteiger partial charge in [0, 0.05) is 69.4 Å². The van der Waals surface area contributed by atoms with Gasteiger partial charge < -0.3 is 31.4 Å². The zero-order valence-corrected chi connectivity index (χ0v) is 29.9. The third-order valence-corrected chi connectivity index (χ3v) is 8.77. The topological polar surface area (TPSA) is 236 Å². The van der Waals surface area contributed by atoms with Gasteiger partial charge in [0.2, 0.25) is 29.4 Å². The number of rotatable bonds is 21. The van der Waals surface area contributed by atoms with Crippen molar-refractivity contribution in [1.82, 2.24) is 20.9 Å². The number of amides is 5. The lowest BCUT2D eigenvalue weighted by Crippen LogP contribution is -2.47. The summed E-state index contributed by atoms with van der Waals surface area (Å²) in [5.74, 6) is -8.54. The standard InChI is InChI=1S/C34H53N5O10/c1-17-11-25(29(44)13-18(2)30(35)45)39(16-17)34(49)21(5)15-27(42)23(7)37-31(46)20(4)14-28(43)24(9-10-26(41)33(48)36-8)38-32(47)19(3)12-22(6)40/h17-21,23-25H,9-16H2,1-8H3,(H2,35,45)(H,36,48)(H,37,46)(H,38,47)/t17?,18-,19-,20-,21-,23+,24+,25+/m1/s1. The molecule has 0 saturated carbocycles. The Morgan fingerprint density at radius 3 is 1.86 bits per heavy atom. The Kier molecular flexibility index (Phi) is 17.1. The third kappa shape index (κ3) is 13.6. The summed E-state index contributed by atoms with van der Waals surface area (Å²) < 4.78 is 0. The molecule has 8 atom stereocenters. The second-order valence-electron chi connectivity index (χ2n) is 13.6. The molecule has 0 radical (unpaired) electrons. The first-order valence-electron chi connectivity index (χ1n) is 16.7. The van der Waals surface area contributed by atoms with Crippen LogP contribution in [0.3, 0.4) is 0 Å². The highest BCUT2D eigenvalue weighted by molar-refractivity contribution is 6.36. The number of hydrogen-bond acceptors (Lipinski definition) is 10. The molecule has 1 unspecified atom stereocenters. The Balaban J connectivity index is 2.86. The van der Waals surface area contributed by atoms with Crippen LogP contribution in [0.25, 0.3) is 0 Å². The summed E-state index contributed by atoms with van der Waals surface area (Å²) in [6.07, 6.45) is -0.851. The number of primary amides is 1. The zero-order chi connectivity index (χ0) is 37.7. The first kappa shape index (κ1) is 42.7. The summed E-state index contributed by atoms with van der Waals surface area (Å²) in [7, 11) is 1.28. The van der Waals surface area contributed by atoms with Crippen molar-refractivity contribution in [2.24, 2.45) is 35.3 Å². The van der Waals surface area contributed by atoms with Crippen LogP contribution in [0, 0.1) is 29.6 Å². The molecular weight excluding hydrogens is 638 g/mol. The van der Waals surface area contributed by atoms with E-state index in [-0.39, 0.29) is 61.9 Å². The lowest BCUT2D eigenvalue weighted by molar-refractivity contribution is -0.142. The van der Waals surface area contributed by atoms with Gasteiger partial charge >= 0.3 is 0 Å². The Labute approximate surface area is 287 Å². The second kappa shape index (κ2) is 19.6. The minimum Gasteiger partial charge on any atom is -0.369 e. The van der Waals surface area contributed by atoms with Crippen molar-refractivity contribution in [1.29, 1.82) is 0 Å². The van der Waals surface area contributed by atoms with Crippen LogP contribution in [0.15, 0.2) is 0 Å². The van der Waals surface area contributed by atoms with Crippen molar-refractivity contribution in [3.63, 3.8) is 0 Å². The molecule has 49 heavy (non-hydrogen) atoms. The molecule has 5 N–H and O–H groups in total. The van der Waals surface area contributed by atoms with Gasteiger partial charge in [-0.25, -0.2) is 0 Å². The normalized spacial score (nSPS) is 19.3. The van der Waals surface area contributed by atoms with Gasteiger partial charge in [0.15, 0.2) is 17.3 Å². The molecule has 5 amide bonds. The zero-order valence-electron chi connectivity index (χ0n) is 29.9. The van der Waals surface area contributed by atoms with Crippen LogP contribution in [0.2, 0.25) is 0 Å². The molecule has 0 aromatic heterocycles. The van der Waals surface area contributed by atoms with Crippen molar-refractivity contribution >= 4 is 58.5 Å². The van der Waals surface area contributed by atoms with E-state index >= 15 is 0 Å². The van der Waals surface area contributed by atoms with Gasteiger partial charge in [0.1, 0.15) is 5.78 Å². The average Bonchev–Trinajstić information content (AvgIpc) is 3.42. The first-order valence-corrected chi connectivity index (χ1v) is 16.7. The van der Waals surface area contributed by atoms with E-state index < -0.39 is 82.8 Å². The van der Waals surface area contributed by atoms with Gasteiger partial charge in [0.25, 0.3) is 5.91 Å². The number of carbonyl (C=O) groups is 10. The van der Waals surface area contributed by atoms with Gasteiger partial charge in [-0.15, -0.1) is 0 Å². The van der Waals surface area contributed by atoms with Crippen molar-refractivity contribution in [3.8, 4) is 0 Å². The summed E-state index contributed by atoms with van der Waals surface area (Å²) in [5, 5.41) is 7.29. The molecule has 0 spiro atoms. The number of nitrogens with zero attached hydrogens (tertiary/aromatic N) is 1. The Morgan fingerprint density at radius 1 is 0.755 bits per heavy atom. The van der Waals surface area contributed by atoms with E-state index in [9.17, 15) is 47.9 Å². The van der Waals surface area contributed by atoms with Crippen LogP contribution < -0.4 is 21.7 Å². The minimum absolute atomic E-state index is 0.0419. The number of ketones is 5. The highest BCUT2D eigenvalue weighted by atomic mass is 16.2. The second-order valence-corrected chi connectivity index (χ2v) is 13.6. The molecule has 1 rings (SSSR count). The Bertz CT molecular complexity index is 1310. The van der Waals surface area contributed by atoms with E-state index in [2.05, 4.69) is 16.0 Å². The maximum absolute atomic E-state index is 13.3. The molecule has 0 aromatic carbocycles. The predicted octanol–water partition coefficient (Wildman–Crippen LogP) is 0.195. The van der Waals surface area contributed by atoms with E-state index in [1.807, 2.05) is 6.92 Å². The molecule has 1 fully saturated rings. The lowest BCUT2D eigenvalue weighted by Gasteiger charge is -2.27. The summed E-state index contributed by atoms with van der Waals surface area (Å²) >= 11 is 0. The maximum Gasteiger partial charge on any atom is 0.287 e. The van der Waals surface area contributed by atoms with E-state index in [1.54, 1.807) is 13.8 Å². The predicted molar refractivity (Wildman–Crippen MR) is 177 cm³/mol. The molecule has 0 aromatic rings. The summed E-state index contributed by atoms with van der Waals surface area (Å²) in [6.45, 7) is 11.1. The number of carbonyl (C=O) groups excluding carboxylic acids is 10. The van der Waals surface area contributed by atoms with E-state index in [1.165, 1.54) is 39.6 Å². The highest BCUT2D eigenvalue weighted by Crippen LogP contribution is 2.28. The van der Waals surface area contributed by atoms with Crippen LogP contribution in [0.1, 0.15) is 93.4 Å². The molecular formula is C34H53N5O10. The van der Waals surface area contributed by atoms with Gasteiger partial charge in [0.05, 0.1) is 18.1 Å². The molecule has 1 aliphatic heterocycles. The van der Waals surface area contributed by atoms with Crippen molar-refractivity contribution in [3.05, 3.63) is 0 Å². The number of Topliss-reactive ketones (excluding diaryl/α,β-unsaturated/α-hetero) is 5. The molecule has 0 aliphatic carbocycles. The Morgan fingerprint density at radius 2 is 1.31 bits per heavy atom. The fourth-order valence-corrected chi connectivity index (χ4v) is 5.63. The van der Waals surface area contributed by atoms with Gasteiger partial charge in [-0.2, -0.15) is 0 Å². The molecule has 0 bridgehead atoms. The lowest BCUT2D eigenvalue weighted by atomic mass is 9.94. The van der Waals surface area contributed by atoms with Gasteiger partial charge in [-0.1, -0.05) is 34.6 Å². The number of likely N-dealkylation sites (N-methyl/N-ethyl adjacent to an activating group) is 1. The highest BCUT2D eigenvalue weighted by Gasteiger charge is 2.40. The summed E-state index contributed by atoms with van der Waals surface area (Å²) in [4.78, 5) is 126. The summed E-state index contributed by atoms with van der Waals surface area (Å²) in [6, 6.07) is -2.94. The van der Waals surface area contributed by atoms with Crippen LogP contribution in [-0.4, -0.2) is 95.1 Å². The number of likely N-dealkylation sites (tertiary alicyclic amines) is 1. The smallest absolute Gasteiger partial charge is 0.287 e. The van der Waals surface area contributed by atoms with Crippen LogP contribution in [0.4, 0.5) is 0 Å². The maximum atomic E-state index is 13.3. The van der Waals surface area contributed by atoms with Gasteiger partial charge in [-0.3, -0.25) is 43.2 Å². The molecule has 1 heterocycles. The largest absolute Gasteiger partial charge is 0.369 e. The Hall–Kier alpha value is -4.30. The number of nitrogens with two attached hydrogens (primary N) is 1. The van der Waals surface area contributed by atoms with Crippen molar-refractivity contribution in [2.75, 3.05) is 13.6 Å². The first-order chi connectivity index (χ1) is 22.7. The van der Waals surface area contributed by atoms with E-state index in [0.29, 0.717) is 13.0 Å². The van der Waals surface area contributed by atoms with Crippen molar-refractivity contribution in [2.45, 2.75) is 112 Å². The molecule has 274 valence electrons. The fraction of sp³-hybridized carbons (Fsp3) is 0.706. The van der Waals surface area contributed by atoms with Crippen LogP contribution in [0.5, 0.6) is 0 Å². The fourth-order valence-electron chi connectivity index (χ4n) is 5.63. The monoisotopic (exact) mass is 691 g/mol. The SMILES string of the molecule is CNC(=O)C(=O)CC[C@H](NC(=O)[C@H](C)CC(C)=O)C(=O)C[C@@H](C)C(=O)N[C@@H](C)C(=O)C[C@@H](C)C(=O)N1CC(C)C[C@H]1C(=O)C[C@@H](C)C(N)=O. The molecule has 15 nitrogen and oxygen atoms in total. The van der Waals surface area contributed by atoms with Crippen LogP contribution >= 0.6 is 0 Å². The molecule has 1 saturated heterocycles. The quantitative estimate of drug-likeness (QED) is 0.119. The van der Waals surface area contributed by atoms with E-state index in [0.717, 1.165) is 0 Å².